The highest BCUT2D eigenvalue weighted by Gasteiger charge is 2.23. The van der Waals surface area contributed by atoms with Gasteiger partial charge in [-0.15, -0.1) is 0 Å². The van der Waals surface area contributed by atoms with Gasteiger partial charge in [-0.1, -0.05) is 24.6 Å². The number of hydrogen-bond acceptors (Lipinski definition) is 2. The van der Waals surface area contributed by atoms with Gasteiger partial charge in [0.15, 0.2) is 0 Å². The fraction of sp³-hybridized carbons (Fsp3) is 0.533. The van der Waals surface area contributed by atoms with Gasteiger partial charge < -0.3 is 15.7 Å². The molecular weight excluding hydrogens is 240 g/mol. The number of benzene rings is 1. The third kappa shape index (κ3) is 3.96. The third-order valence-corrected chi connectivity index (χ3v) is 3.46. The van der Waals surface area contributed by atoms with Crippen LogP contribution >= 0.6 is 0 Å². The molecule has 4 nitrogen and oxygen atoms in total. The van der Waals surface area contributed by atoms with Crippen LogP contribution in [0.3, 0.4) is 0 Å². The van der Waals surface area contributed by atoms with Gasteiger partial charge in [0.05, 0.1) is 12.1 Å². The largest absolute Gasteiger partial charge is 0.394 e. The number of nitrogens with one attached hydrogen (secondary N) is 2. The first-order chi connectivity index (χ1) is 8.81. The van der Waals surface area contributed by atoms with Crippen molar-refractivity contribution in [3.8, 4) is 0 Å². The minimum atomic E-state index is -0.587. The Kier molecular flexibility index (Phi) is 4.95. The van der Waals surface area contributed by atoms with Gasteiger partial charge in [0.2, 0.25) is 0 Å². The predicted octanol–water partition coefficient (Wildman–Crippen LogP) is 2.89. The lowest BCUT2D eigenvalue weighted by atomic mass is 10.0. The van der Waals surface area contributed by atoms with E-state index < -0.39 is 5.54 Å². The van der Waals surface area contributed by atoms with Gasteiger partial charge in [-0.05, 0) is 45.2 Å². The normalized spacial score (nSPS) is 13.8. The van der Waals surface area contributed by atoms with Gasteiger partial charge in [-0.3, -0.25) is 0 Å². The van der Waals surface area contributed by atoms with Gasteiger partial charge in [0.1, 0.15) is 0 Å². The maximum Gasteiger partial charge on any atom is 0.319 e. The Morgan fingerprint density at radius 2 is 1.79 bits per heavy atom. The highest BCUT2D eigenvalue weighted by molar-refractivity contribution is 5.91. The van der Waals surface area contributed by atoms with Crippen molar-refractivity contribution in [2.45, 2.75) is 46.6 Å². The van der Waals surface area contributed by atoms with Gasteiger partial charge in [0, 0.05) is 5.69 Å². The van der Waals surface area contributed by atoms with Crippen LogP contribution in [0, 0.1) is 20.8 Å². The number of rotatable bonds is 4. The molecule has 1 aromatic carbocycles. The topological polar surface area (TPSA) is 61.4 Å². The first-order valence-corrected chi connectivity index (χ1v) is 6.59. The smallest absolute Gasteiger partial charge is 0.319 e. The highest BCUT2D eigenvalue weighted by Crippen LogP contribution is 2.22. The minimum Gasteiger partial charge on any atom is -0.394 e. The minimum absolute atomic E-state index is 0.0806. The molecule has 0 heterocycles. The Morgan fingerprint density at radius 3 is 2.21 bits per heavy atom. The number of carbonyl (C=O) groups is 1. The Hall–Kier alpha value is -1.55. The number of aryl methyl sites for hydroxylation is 3. The van der Waals surface area contributed by atoms with E-state index in [4.69, 9.17) is 0 Å². The molecule has 1 atom stereocenters. The van der Waals surface area contributed by atoms with E-state index in [1.54, 1.807) is 0 Å². The molecule has 0 fully saturated rings. The van der Waals surface area contributed by atoms with E-state index in [0.717, 1.165) is 16.8 Å². The van der Waals surface area contributed by atoms with Crippen LogP contribution in [0.25, 0.3) is 0 Å². The summed E-state index contributed by atoms with van der Waals surface area (Å²) in [5.41, 5.74) is 3.50. The van der Waals surface area contributed by atoms with Crippen LogP contribution in [-0.4, -0.2) is 23.3 Å². The van der Waals surface area contributed by atoms with Gasteiger partial charge >= 0.3 is 6.03 Å². The second kappa shape index (κ2) is 6.06. The Morgan fingerprint density at radius 1 is 1.26 bits per heavy atom. The van der Waals surface area contributed by atoms with Gasteiger partial charge in [-0.25, -0.2) is 4.79 Å². The maximum atomic E-state index is 12.0. The van der Waals surface area contributed by atoms with Crippen molar-refractivity contribution in [2.24, 2.45) is 0 Å². The van der Waals surface area contributed by atoms with Crippen LogP contribution in [0.5, 0.6) is 0 Å². The van der Waals surface area contributed by atoms with E-state index in [0.29, 0.717) is 6.42 Å². The number of anilines is 1. The predicted molar refractivity (Wildman–Crippen MR) is 78.6 cm³/mol. The first-order valence-electron chi connectivity index (χ1n) is 6.59. The molecular formula is C15H24N2O2. The van der Waals surface area contributed by atoms with Crippen LogP contribution in [0.4, 0.5) is 10.5 Å². The average molecular weight is 264 g/mol. The molecule has 2 amide bonds. The zero-order valence-electron chi connectivity index (χ0n) is 12.4. The number of urea groups is 1. The second-order valence-electron chi connectivity index (χ2n) is 5.43. The fourth-order valence-electron chi connectivity index (χ4n) is 2.04. The van der Waals surface area contributed by atoms with E-state index in [1.807, 2.05) is 46.8 Å². The number of carbonyl (C=O) groups excluding carboxylic acids is 1. The quantitative estimate of drug-likeness (QED) is 0.783. The van der Waals surface area contributed by atoms with Crippen molar-refractivity contribution in [1.82, 2.24) is 5.32 Å². The van der Waals surface area contributed by atoms with Crippen LogP contribution in [0.2, 0.25) is 0 Å². The van der Waals surface area contributed by atoms with Crippen molar-refractivity contribution >= 4 is 11.7 Å². The van der Waals surface area contributed by atoms with Crippen LogP contribution in [-0.2, 0) is 0 Å². The highest BCUT2D eigenvalue weighted by atomic mass is 16.3. The Labute approximate surface area is 115 Å². The molecule has 0 spiro atoms. The van der Waals surface area contributed by atoms with Crippen molar-refractivity contribution in [2.75, 3.05) is 11.9 Å². The van der Waals surface area contributed by atoms with E-state index >= 15 is 0 Å². The molecule has 0 radical (unpaired) electrons. The van der Waals surface area contributed by atoms with E-state index in [1.165, 1.54) is 5.56 Å². The zero-order valence-corrected chi connectivity index (χ0v) is 12.4. The number of aliphatic hydroxyl groups excluding tert-OH is 1. The summed E-state index contributed by atoms with van der Waals surface area (Å²) in [4.78, 5) is 12.0. The summed E-state index contributed by atoms with van der Waals surface area (Å²) in [6.07, 6.45) is 0.669. The molecule has 3 N–H and O–H groups in total. The molecule has 19 heavy (non-hydrogen) atoms. The maximum absolute atomic E-state index is 12.0. The summed E-state index contributed by atoms with van der Waals surface area (Å²) in [7, 11) is 0. The molecule has 1 aromatic rings. The van der Waals surface area contributed by atoms with Crippen molar-refractivity contribution in [3.05, 3.63) is 28.8 Å². The molecule has 106 valence electrons. The standard InChI is InChI=1S/C15H24N2O2/c1-6-15(5,9-18)17-14(19)16-13-11(3)7-10(2)8-12(13)4/h7-8,18H,6,9H2,1-5H3,(H2,16,17,19). The molecule has 0 aliphatic carbocycles. The molecule has 0 saturated heterocycles. The Balaban J connectivity index is 2.84. The van der Waals surface area contributed by atoms with Gasteiger partial charge in [-0.2, -0.15) is 0 Å². The van der Waals surface area contributed by atoms with Crippen molar-refractivity contribution < 1.29 is 9.90 Å². The number of aliphatic hydroxyl groups is 1. The second-order valence-corrected chi connectivity index (χ2v) is 5.43. The molecule has 0 aliphatic heterocycles. The summed E-state index contributed by atoms with van der Waals surface area (Å²) in [5.74, 6) is 0. The number of hydrogen-bond donors (Lipinski definition) is 3. The molecule has 0 bridgehead atoms. The lowest BCUT2D eigenvalue weighted by molar-refractivity contribution is 0.172. The lowest BCUT2D eigenvalue weighted by Crippen LogP contribution is -2.50. The van der Waals surface area contributed by atoms with Crippen LogP contribution in [0.1, 0.15) is 37.0 Å². The van der Waals surface area contributed by atoms with E-state index in [-0.39, 0.29) is 12.6 Å². The molecule has 1 rings (SSSR count). The molecule has 0 saturated carbocycles. The zero-order chi connectivity index (χ0) is 14.6. The fourth-order valence-corrected chi connectivity index (χ4v) is 2.04. The van der Waals surface area contributed by atoms with Crippen molar-refractivity contribution in [1.29, 1.82) is 0 Å². The van der Waals surface area contributed by atoms with Crippen LogP contribution in [0.15, 0.2) is 12.1 Å². The average Bonchev–Trinajstić information content (AvgIpc) is 2.33. The van der Waals surface area contributed by atoms with Gasteiger partial charge in [0.25, 0.3) is 0 Å². The van der Waals surface area contributed by atoms with E-state index in [2.05, 4.69) is 10.6 Å². The first kappa shape index (κ1) is 15.5. The third-order valence-electron chi connectivity index (χ3n) is 3.46. The Bertz CT molecular complexity index is 442. The molecule has 0 aliphatic rings. The summed E-state index contributed by atoms with van der Waals surface area (Å²) in [6, 6.07) is 3.79. The summed E-state index contributed by atoms with van der Waals surface area (Å²) >= 11 is 0. The van der Waals surface area contributed by atoms with E-state index in [9.17, 15) is 9.90 Å². The summed E-state index contributed by atoms with van der Waals surface area (Å²) in [6.45, 7) is 9.65. The summed E-state index contributed by atoms with van der Waals surface area (Å²) in [5, 5.41) is 15.0. The van der Waals surface area contributed by atoms with Crippen molar-refractivity contribution in [3.63, 3.8) is 0 Å². The summed E-state index contributed by atoms with van der Waals surface area (Å²) < 4.78 is 0. The SMILES string of the molecule is CCC(C)(CO)NC(=O)Nc1c(C)cc(C)cc1C. The lowest BCUT2D eigenvalue weighted by Gasteiger charge is -2.27. The monoisotopic (exact) mass is 264 g/mol. The van der Waals surface area contributed by atoms with Crippen LogP contribution < -0.4 is 10.6 Å². The molecule has 4 heteroatoms. The number of amides is 2. The molecule has 1 unspecified atom stereocenters. The molecule has 0 aromatic heterocycles.